The quantitative estimate of drug-likeness (QED) is 0.361. The number of fused-ring (bicyclic) bond motifs is 1. The van der Waals surface area contributed by atoms with Gasteiger partial charge in [-0.25, -0.2) is 4.98 Å². The van der Waals surface area contributed by atoms with Crippen molar-refractivity contribution in [2.24, 2.45) is 0 Å². The van der Waals surface area contributed by atoms with E-state index >= 15 is 0 Å². The monoisotopic (exact) mass is 462 g/mol. The Morgan fingerprint density at radius 1 is 1.09 bits per heavy atom. The number of hydrogen-bond donors (Lipinski definition) is 1. The lowest BCUT2D eigenvalue weighted by molar-refractivity contribution is -0.119. The summed E-state index contributed by atoms with van der Waals surface area (Å²) in [5, 5.41) is 2.74. The molecule has 7 nitrogen and oxygen atoms in total. The van der Waals surface area contributed by atoms with Crippen LogP contribution in [-0.4, -0.2) is 21.4 Å². The van der Waals surface area contributed by atoms with Gasteiger partial charge < -0.3 is 13.6 Å². The van der Waals surface area contributed by atoms with Crippen LogP contribution in [0.4, 0.5) is 4.79 Å². The number of imide groups is 1. The van der Waals surface area contributed by atoms with E-state index in [1.807, 2.05) is 61.5 Å². The highest BCUT2D eigenvalue weighted by molar-refractivity contribution is 8.15. The van der Waals surface area contributed by atoms with Crippen LogP contribution in [0.2, 0.25) is 0 Å². The first kappa shape index (κ1) is 21.3. The molecule has 33 heavy (non-hydrogen) atoms. The second-order valence-corrected chi connectivity index (χ2v) is 9.04. The molecule has 1 aliphatic heterocycles. The molecule has 0 spiro atoms. The first-order valence-electron chi connectivity index (χ1n) is 10.7. The van der Waals surface area contributed by atoms with Crippen molar-refractivity contribution in [3.63, 3.8) is 0 Å². The van der Waals surface area contributed by atoms with Gasteiger partial charge in [-0.1, -0.05) is 30.0 Å². The fraction of sp³-hybridized carbons (Fsp3) is 0.240. The molecule has 2 amide bonds. The maximum absolute atomic E-state index is 11.7. The van der Waals surface area contributed by atoms with Crippen LogP contribution in [-0.2, 0) is 17.8 Å². The number of benzene rings is 2. The van der Waals surface area contributed by atoms with Crippen molar-refractivity contribution < 1.29 is 23.2 Å². The Kier molecular flexibility index (Phi) is 5.92. The zero-order valence-corrected chi connectivity index (χ0v) is 18.8. The highest BCUT2D eigenvalue weighted by atomic mass is 32.2. The molecule has 1 fully saturated rings. The molecule has 3 heterocycles. The van der Waals surface area contributed by atoms with Crippen LogP contribution in [0.25, 0.3) is 22.4 Å². The van der Waals surface area contributed by atoms with Gasteiger partial charge in [-0.3, -0.25) is 14.9 Å². The molecule has 1 atom stereocenters. The number of aromatic nitrogens is 1. The summed E-state index contributed by atoms with van der Waals surface area (Å²) in [5.41, 5.74) is 2.42. The summed E-state index contributed by atoms with van der Waals surface area (Å²) in [7, 11) is 0. The van der Waals surface area contributed by atoms with Crippen LogP contribution < -0.4 is 10.1 Å². The molecule has 5 rings (SSSR count). The minimum absolute atomic E-state index is 0.199. The molecule has 0 radical (unpaired) electrons. The van der Waals surface area contributed by atoms with E-state index in [9.17, 15) is 9.59 Å². The van der Waals surface area contributed by atoms with Crippen LogP contribution in [0.3, 0.4) is 0 Å². The molecule has 0 saturated carbocycles. The first-order valence-corrected chi connectivity index (χ1v) is 11.6. The van der Waals surface area contributed by atoms with E-state index in [1.165, 1.54) is 0 Å². The fourth-order valence-corrected chi connectivity index (χ4v) is 4.61. The second kappa shape index (κ2) is 9.15. The summed E-state index contributed by atoms with van der Waals surface area (Å²) in [4.78, 5) is 27.5. The second-order valence-electron chi connectivity index (χ2n) is 7.86. The van der Waals surface area contributed by atoms with Gasteiger partial charge >= 0.3 is 0 Å². The molecule has 1 aliphatic rings. The van der Waals surface area contributed by atoms with Crippen molar-refractivity contribution in [1.29, 1.82) is 0 Å². The predicted octanol–water partition coefficient (Wildman–Crippen LogP) is 5.65. The van der Waals surface area contributed by atoms with E-state index in [0.29, 0.717) is 31.1 Å². The van der Waals surface area contributed by atoms with E-state index in [2.05, 4.69) is 10.3 Å². The van der Waals surface area contributed by atoms with Gasteiger partial charge in [-0.15, -0.1) is 0 Å². The predicted molar refractivity (Wildman–Crippen MR) is 125 cm³/mol. The van der Waals surface area contributed by atoms with Crippen molar-refractivity contribution in [1.82, 2.24) is 10.3 Å². The summed E-state index contributed by atoms with van der Waals surface area (Å²) in [6.07, 6.45) is 2.09. The molecule has 4 aromatic rings. The van der Waals surface area contributed by atoms with Crippen LogP contribution in [0.5, 0.6) is 5.75 Å². The molecule has 1 unspecified atom stereocenters. The minimum Gasteiger partial charge on any atom is -0.487 e. The van der Waals surface area contributed by atoms with Crippen molar-refractivity contribution in [3.05, 3.63) is 71.8 Å². The topological polar surface area (TPSA) is 94.6 Å². The smallest absolute Gasteiger partial charge is 0.286 e. The van der Waals surface area contributed by atoms with Gasteiger partial charge in [0.2, 0.25) is 11.8 Å². The van der Waals surface area contributed by atoms with Gasteiger partial charge in [0.15, 0.2) is 0 Å². The van der Waals surface area contributed by atoms with Crippen molar-refractivity contribution in [3.8, 4) is 17.2 Å². The van der Waals surface area contributed by atoms with Gasteiger partial charge in [-0.2, -0.15) is 0 Å². The third-order valence-corrected chi connectivity index (χ3v) is 6.54. The Hall–Kier alpha value is -3.52. The number of oxazole rings is 1. The highest BCUT2D eigenvalue weighted by Crippen LogP contribution is 2.28. The summed E-state index contributed by atoms with van der Waals surface area (Å²) in [5.74, 6) is 2.64. The Balaban J connectivity index is 1.20. The number of carbonyl (C=O) groups is 2. The Morgan fingerprint density at radius 2 is 1.94 bits per heavy atom. The van der Waals surface area contributed by atoms with Crippen LogP contribution in [0.15, 0.2) is 63.4 Å². The van der Waals surface area contributed by atoms with Crippen molar-refractivity contribution in [2.45, 2.75) is 38.0 Å². The zero-order chi connectivity index (χ0) is 22.8. The lowest BCUT2D eigenvalue weighted by Crippen LogP contribution is -2.24. The standard InChI is InChI=1S/C25H22N2O5S/c1-15-20(26-24(31-15)16-6-3-2-4-7-16)14-30-18-11-10-17-12-19(32-21(17)13-18)8-5-9-22-23(28)27-25(29)33-22/h2-4,6-7,10-13,22H,5,8-9,14H2,1H3,(H,27,28,29). The number of thioether (sulfide) groups is 1. The molecule has 8 heteroatoms. The van der Waals surface area contributed by atoms with Crippen molar-refractivity contribution in [2.75, 3.05) is 0 Å². The van der Waals surface area contributed by atoms with Crippen LogP contribution >= 0.6 is 11.8 Å². The molecule has 2 aromatic heterocycles. The summed E-state index contributed by atoms with van der Waals surface area (Å²) >= 11 is 1.06. The Morgan fingerprint density at radius 3 is 2.73 bits per heavy atom. The SMILES string of the molecule is Cc1oc(-c2ccccc2)nc1COc1ccc2cc(CCCC3SC(=O)NC3=O)oc2c1. The number of nitrogens with zero attached hydrogens (tertiary/aromatic N) is 1. The third-order valence-electron chi connectivity index (χ3n) is 5.49. The molecule has 0 aliphatic carbocycles. The zero-order valence-electron chi connectivity index (χ0n) is 18.0. The molecule has 1 saturated heterocycles. The van der Waals surface area contributed by atoms with E-state index in [4.69, 9.17) is 13.6 Å². The molecular formula is C25H22N2O5S. The Labute approximate surface area is 194 Å². The number of furan rings is 1. The molecule has 168 valence electrons. The van der Waals surface area contributed by atoms with Gasteiger partial charge in [-0.05, 0) is 50.1 Å². The number of aryl methyl sites for hydroxylation is 2. The van der Waals surface area contributed by atoms with E-state index < -0.39 is 0 Å². The van der Waals surface area contributed by atoms with Gasteiger partial charge in [0.1, 0.15) is 35.2 Å². The van der Waals surface area contributed by atoms with E-state index in [1.54, 1.807) is 0 Å². The summed E-state index contributed by atoms with van der Waals surface area (Å²) < 4.78 is 17.7. The summed E-state index contributed by atoms with van der Waals surface area (Å²) in [6, 6.07) is 17.5. The highest BCUT2D eigenvalue weighted by Gasteiger charge is 2.30. The summed E-state index contributed by atoms with van der Waals surface area (Å²) in [6.45, 7) is 2.17. The molecule has 2 aromatic carbocycles. The van der Waals surface area contributed by atoms with E-state index in [-0.39, 0.29) is 16.4 Å². The number of nitrogens with one attached hydrogen (secondary N) is 1. The average molecular weight is 463 g/mol. The minimum atomic E-state index is -0.302. The number of amides is 2. The Bertz CT molecular complexity index is 1310. The molecule has 0 bridgehead atoms. The number of carbonyl (C=O) groups excluding carboxylic acids is 2. The van der Waals surface area contributed by atoms with Gasteiger partial charge in [0.05, 0.1) is 5.25 Å². The lowest BCUT2D eigenvalue weighted by Gasteiger charge is -2.04. The largest absolute Gasteiger partial charge is 0.487 e. The van der Waals surface area contributed by atoms with Gasteiger partial charge in [0, 0.05) is 23.4 Å². The number of hydrogen-bond acceptors (Lipinski definition) is 7. The van der Waals surface area contributed by atoms with Crippen LogP contribution in [0.1, 0.15) is 30.1 Å². The maximum Gasteiger partial charge on any atom is 0.286 e. The normalized spacial score (nSPS) is 15.8. The number of rotatable bonds is 8. The van der Waals surface area contributed by atoms with Crippen LogP contribution in [0, 0.1) is 6.92 Å². The number of ether oxygens (including phenoxy) is 1. The molecular weight excluding hydrogens is 440 g/mol. The lowest BCUT2D eigenvalue weighted by atomic mass is 10.1. The molecule has 1 N–H and O–H groups in total. The van der Waals surface area contributed by atoms with E-state index in [0.717, 1.165) is 51.9 Å². The average Bonchev–Trinajstić information content (AvgIpc) is 3.48. The maximum atomic E-state index is 11.7. The van der Waals surface area contributed by atoms with Gasteiger partial charge in [0.25, 0.3) is 5.24 Å². The first-order chi connectivity index (χ1) is 16.0. The third kappa shape index (κ3) is 4.80. The fourth-order valence-electron chi connectivity index (χ4n) is 3.74. The van der Waals surface area contributed by atoms with Crippen molar-refractivity contribution >= 4 is 33.9 Å².